The third-order valence-corrected chi connectivity index (χ3v) is 2.94. The van der Waals surface area contributed by atoms with Crippen LogP contribution in [-0.2, 0) is 6.42 Å². The van der Waals surface area contributed by atoms with Crippen molar-refractivity contribution in [1.82, 2.24) is 15.3 Å². The molecule has 0 saturated carbocycles. The van der Waals surface area contributed by atoms with E-state index in [1.165, 1.54) is 0 Å². The van der Waals surface area contributed by atoms with E-state index in [0.29, 0.717) is 18.3 Å². The molecular weight excluding hydrogens is 275 g/mol. The Hall–Kier alpha value is -0.620. The lowest BCUT2D eigenvalue weighted by atomic mass is 9.94. The van der Waals surface area contributed by atoms with Gasteiger partial charge in [0.15, 0.2) is 0 Å². The van der Waals surface area contributed by atoms with Gasteiger partial charge in [-0.05, 0) is 32.0 Å². The summed E-state index contributed by atoms with van der Waals surface area (Å²) in [6, 6.07) is 1.97. The van der Waals surface area contributed by atoms with E-state index in [4.69, 9.17) is 10.8 Å². The van der Waals surface area contributed by atoms with Crippen LogP contribution in [0.5, 0.6) is 0 Å². The molecule has 0 amide bonds. The second-order valence-corrected chi connectivity index (χ2v) is 4.14. The molecule has 0 bridgehead atoms. The Balaban J connectivity index is 0.00000144. The molecule has 1 aromatic rings. The van der Waals surface area contributed by atoms with Gasteiger partial charge in [0.1, 0.15) is 0 Å². The normalized spacial score (nSPS) is 15.6. The number of nitrogen functional groups attached to an aromatic ring is 1. The van der Waals surface area contributed by atoms with Crippen molar-refractivity contribution in [3.8, 4) is 0 Å². The summed E-state index contributed by atoms with van der Waals surface area (Å²) in [7, 11) is 0. The van der Waals surface area contributed by atoms with E-state index in [1.807, 2.05) is 6.07 Å². The van der Waals surface area contributed by atoms with Crippen molar-refractivity contribution in [2.24, 2.45) is 0 Å². The number of hydrogen-bond donors (Lipinski definition) is 3. The molecule has 0 radical (unpaired) electrons. The quantitative estimate of drug-likeness (QED) is 0.772. The topological polar surface area (TPSA) is 84.1 Å². The fourth-order valence-electron chi connectivity index (χ4n) is 2.11. The summed E-state index contributed by atoms with van der Waals surface area (Å²) in [6.45, 7) is 2.16. The molecule has 1 aliphatic heterocycles. The Morgan fingerprint density at radius 3 is 2.56 bits per heavy atom. The number of nitrogens with two attached hydrogens (primary N) is 1. The zero-order valence-electron chi connectivity index (χ0n) is 10.1. The van der Waals surface area contributed by atoms with E-state index in [2.05, 4.69) is 15.3 Å². The molecule has 0 spiro atoms. The van der Waals surface area contributed by atoms with Crippen molar-refractivity contribution >= 4 is 30.8 Å². The second kappa shape index (κ2) is 8.48. The van der Waals surface area contributed by atoms with Gasteiger partial charge in [-0.2, -0.15) is 0 Å². The molecule has 4 N–H and O–H groups in total. The molecule has 7 heteroatoms. The highest BCUT2D eigenvalue weighted by molar-refractivity contribution is 5.85. The maximum atomic E-state index is 8.90. The zero-order valence-corrected chi connectivity index (χ0v) is 11.8. The summed E-state index contributed by atoms with van der Waals surface area (Å²) in [5, 5.41) is 12.2. The van der Waals surface area contributed by atoms with Crippen molar-refractivity contribution in [3.05, 3.63) is 17.5 Å². The highest BCUT2D eigenvalue weighted by Crippen LogP contribution is 2.24. The summed E-state index contributed by atoms with van der Waals surface area (Å²) in [4.78, 5) is 8.41. The van der Waals surface area contributed by atoms with Crippen LogP contribution in [0.25, 0.3) is 0 Å². The third-order valence-electron chi connectivity index (χ3n) is 2.94. The van der Waals surface area contributed by atoms with E-state index >= 15 is 0 Å². The number of aliphatic hydroxyl groups excluding tert-OH is 1. The summed E-state index contributed by atoms with van der Waals surface area (Å²) < 4.78 is 0. The first kappa shape index (κ1) is 17.4. The van der Waals surface area contributed by atoms with Gasteiger partial charge in [-0.3, -0.25) is 0 Å². The SMILES string of the molecule is Cl.Cl.Nc1nc(CCO)cc(C2CCNCC2)n1. The molecule has 5 nitrogen and oxygen atoms in total. The number of rotatable bonds is 3. The number of anilines is 1. The van der Waals surface area contributed by atoms with Gasteiger partial charge >= 0.3 is 0 Å². The van der Waals surface area contributed by atoms with Gasteiger partial charge in [0.05, 0.1) is 0 Å². The first-order valence-electron chi connectivity index (χ1n) is 5.74. The van der Waals surface area contributed by atoms with Crippen LogP contribution in [0, 0.1) is 0 Å². The van der Waals surface area contributed by atoms with Crippen molar-refractivity contribution < 1.29 is 5.11 Å². The lowest BCUT2D eigenvalue weighted by molar-refractivity contribution is 0.298. The van der Waals surface area contributed by atoms with Gasteiger partial charge in [-0.1, -0.05) is 0 Å². The van der Waals surface area contributed by atoms with Gasteiger partial charge in [0.25, 0.3) is 0 Å². The standard InChI is InChI=1S/C11H18N4O.2ClH/c12-11-14-9(3-6-16)7-10(15-11)8-1-4-13-5-2-8;;/h7-8,13,16H,1-6H2,(H2,12,14,15);2*1H. The molecule has 18 heavy (non-hydrogen) atoms. The van der Waals surface area contributed by atoms with E-state index in [9.17, 15) is 0 Å². The number of halogens is 2. The Bertz CT molecular complexity index is 359. The van der Waals surface area contributed by atoms with Crippen molar-refractivity contribution in [2.75, 3.05) is 25.4 Å². The molecule has 1 aliphatic rings. The zero-order chi connectivity index (χ0) is 11.4. The van der Waals surface area contributed by atoms with Gasteiger partial charge in [0, 0.05) is 30.3 Å². The van der Waals surface area contributed by atoms with Crippen molar-refractivity contribution in [1.29, 1.82) is 0 Å². The molecule has 2 heterocycles. The summed E-state index contributed by atoms with van der Waals surface area (Å²) in [6.07, 6.45) is 2.73. The highest BCUT2D eigenvalue weighted by atomic mass is 35.5. The molecule has 1 fully saturated rings. The van der Waals surface area contributed by atoms with Gasteiger partial charge in [-0.15, -0.1) is 24.8 Å². The number of hydrogen-bond acceptors (Lipinski definition) is 5. The Labute approximate surface area is 119 Å². The minimum atomic E-state index is 0. The smallest absolute Gasteiger partial charge is 0.220 e. The predicted molar refractivity (Wildman–Crippen MR) is 76.6 cm³/mol. The summed E-state index contributed by atoms with van der Waals surface area (Å²) in [5.74, 6) is 0.795. The predicted octanol–water partition coefficient (Wildman–Crippen LogP) is 0.904. The van der Waals surface area contributed by atoms with Crippen LogP contribution in [0.4, 0.5) is 5.95 Å². The Kier molecular flexibility index (Phi) is 8.18. The van der Waals surface area contributed by atoms with Crippen molar-refractivity contribution in [3.63, 3.8) is 0 Å². The Morgan fingerprint density at radius 1 is 1.28 bits per heavy atom. The maximum Gasteiger partial charge on any atom is 0.220 e. The van der Waals surface area contributed by atoms with Crippen LogP contribution in [-0.4, -0.2) is 34.8 Å². The first-order valence-corrected chi connectivity index (χ1v) is 5.74. The third kappa shape index (κ3) is 4.57. The minimum Gasteiger partial charge on any atom is -0.396 e. The van der Waals surface area contributed by atoms with Crippen molar-refractivity contribution in [2.45, 2.75) is 25.2 Å². The van der Waals surface area contributed by atoms with E-state index in [1.54, 1.807) is 0 Å². The number of nitrogens with one attached hydrogen (secondary N) is 1. The van der Waals surface area contributed by atoms with Crippen LogP contribution < -0.4 is 11.1 Å². The first-order chi connectivity index (χ1) is 7.79. The molecule has 1 saturated heterocycles. The van der Waals surface area contributed by atoms with E-state index in [-0.39, 0.29) is 31.4 Å². The lowest BCUT2D eigenvalue weighted by Crippen LogP contribution is -2.27. The van der Waals surface area contributed by atoms with Crippen LogP contribution >= 0.6 is 24.8 Å². The molecule has 0 aromatic carbocycles. The second-order valence-electron chi connectivity index (χ2n) is 4.14. The van der Waals surface area contributed by atoms with E-state index in [0.717, 1.165) is 37.3 Å². The molecule has 0 aliphatic carbocycles. The summed E-state index contributed by atoms with van der Waals surface area (Å²) in [5.41, 5.74) is 7.54. The van der Waals surface area contributed by atoms with Crippen LogP contribution in [0.1, 0.15) is 30.1 Å². The monoisotopic (exact) mass is 294 g/mol. The Morgan fingerprint density at radius 2 is 1.94 bits per heavy atom. The fraction of sp³-hybridized carbons (Fsp3) is 0.636. The minimum absolute atomic E-state index is 0. The fourth-order valence-corrected chi connectivity index (χ4v) is 2.11. The molecular formula is C11H20Cl2N4O. The van der Waals surface area contributed by atoms with Crippen LogP contribution in [0.3, 0.4) is 0 Å². The van der Waals surface area contributed by atoms with E-state index < -0.39 is 0 Å². The molecule has 2 rings (SSSR count). The van der Waals surface area contributed by atoms with Crippen LogP contribution in [0.2, 0.25) is 0 Å². The molecule has 1 aromatic heterocycles. The molecule has 0 unspecified atom stereocenters. The highest BCUT2D eigenvalue weighted by Gasteiger charge is 2.17. The number of nitrogens with zero attached hydrogens (tertiary/aromatic N) is 2. The number of piperidine rings is 1. The molecule has 0 atom stereocenters. The number of aromatic nitrogens is 2. The average Bonchev–Trinajstić information content (AvgIpc) is 2.30. The van der Waals surface area contributed by atoms with Gasteiger partial charge in [-0.25, -0.2) is 9.97 Å². The summed E-state index contributed by atoms with van der Waals surface area (Å²) >= 11 is 0. The van der Waals surface area contributed by atoms with Gasteiger partial charge in [0.2, 0.25) is 5.95 Å². The average molecular weight is 295 g/mol. The maximum absolute atomic E-state index is 8.90. The number of aliphatic hydroxyl groups is 1. The van der Waals surface area contributed by atoms with Gasteiger partial charge < -0.3 is 16.2 Å². The molecule has 104 valence electrons. The largest absolute Gasteiger partial charge is 0.396 e. The van der Waals surface area contributed by atoms with Crippen LogP contribution in [0.15, 0.2) is 6.07 Å². The lowest BCUT2D eigenvalue weighted by Gasteiger charge is -2.22.